The predicted molar refractivity (Wildman–Crippen MR) is 83.6 cm³/mol. The van der Waals surface area contributed by atoms with Gasteiger partial charge in [0.15, 0.2) is 0 Å². The molecule has 0 spiro atoms. The lowest BCUT2D eigenvalue weighted by Gasteiger charge is -2.27. The summed E-state index contributed by atoms with van der Waals surface area (Å²) in [6, 6.07) is 7.60. The smallest absolute Gasteiger partial charge is 0.249 e. The largest absolute Gasteiger partial charge is 0.338 e. The minimum atomic E-state index is -0.480. The zero-order valence-electron chi connectivity index (χ0n) is 12.2. The summed E-state index contributed by atoms with van der Waals surface area (Å²) in [7, 11) is 0. The van der Waals surface area contributed by atoms with E-state index < -0.39 is 5.91 Å². The lowest BCUT2D eigenvalue weighted by Crippen LogP contribution is -2.37. The molecule has 5 nitrogen and oxygen atoms in total. The Labute approximate surface area is 134 Å². The molecule has 0 aromatic heterocycles. The van der Waals surface area contributed by atoms with E-state index in [1.54, 1.807) is 10.4 Å². The second kappa shape index (κ2) is 7.96. The molecule has 0 fully saturated rings. The average Bonchev–Trinajstić information content (AvgIpc) is 2.54. The number of hydrogen-bond donors (Lipinski definition) is 2. The van der Waals surface area contributed by atoms with Crippen LogP contribution in [0.2, 0.25) is 5.02 Å². The summed E-state index contributed by atoms with van der Waals surface area (Å²) in [5, 5.41) is 9.19. The van der Waals surface area contributed by atoms with Gasteiger partial charge in [0.1, 0.15) is 0 Å². The lowest BCUT2D eigenvalue weighted by atomic mass is 10.0. The number of carbonyl (C=O) groups is 2. The molecule has 2 amide bonds. The van der Waals surface area contributed by atoms with Gasteiger partial charge >= 0.3 is 0 Å². The van der Waals surface area contributed by atoms with E-state index in [-0.39, 0.29) is 12.3 Å². The van der Waals surface area contributed by atoms with Crippen LogP contribution in [0.15, 0.2) is 35.9 Å². The highest BCUT2D eigenvalue weighted by Gasteiger charge is 2.21. The molecule has 1 heterocycles. The summed E-state index contributed by atoms with van der Waals surface area (Å²) in [6.45, 7) is 1.34. The number of hydroxylamine groups is 1. The monoisotopic (exact) mass is 322 g/mol. The first kappa shape index (κ1) is 16.5. The van der Waals surface area contributed by atoms with Crippen molar-refractivity contribution in [1.82, 2.24) is 10.4 Å². The standard InChI is InChI=1S/C16H19ClN2O3/c17-14-6-3-12(4-7-14)9-11-19-10-1-2-13(16(19)21)5-8-15(20)18-22/h2-4,6-7,22H,1,5,8-11H2,(H,18,20). The first-order chi connectivity index (χ1) is 10.6. The molecule has 0 aliphatic carbocycles. The quantitative estimate of drug-likeness (QED) is 0.624. The number of amides is 2. The summed E-state index contributed by atoms with van der Waals surface area (Å²) < 4.78 is 0. The van der Waals surface area contributed by atoms with Crippen LogP contribution in [-0.4, -0.2) is 35.0 Å². The van der Waals surface area contributed by atoms with Gasteiger partial charge < -0.3 is 4.90 Å². The normalized spacial score (nSPS) is 14.7. The third-order valence-electron chi connectivity index (χ3n) is 3.68. The van der Waals surface area contributed by atoms with Crippen LogP contribution < -0.4 is 5.48 Å². The Morgan fingerprint density at radius 1 is 1.27 bits per heavy atom. The molecule has 2 N–H and O–H groups in total. The summed E-state index contributed by atoms with van der Waals surface area (Å²) in [5.41, 5.74) is 3.36. The van der Waals surface area contributed by atoms with Gasteiger partial charge in [0.05, 0.1) is 0 Å². The lowest BCUT2D eigenvalue weighted by molar-refractivity contribution is -0.129. The van der Waals surface area contributed by atoms with Crippen LogP contribution in [0.5, 0.6) is 0 Å². The fourth-order valence-corrected chi connectivity index (χ4v) is 2.55. The van der Waals surface area contributed by atoms with Gasteiger partial charge in [-0.15, -0.1) is 0 Å². The van der Waals surface area contributed by atoms with Crippen molar-refractivity contribution in [3.8, 4) is 0 Å². The number of halogens is 1. The van der Waals surface area contributed by atoms with Gasteiger partial charge in [0.25, 0.3) is 0 Å². The molecule has 0 atom stereocenters. The van der Waals surface area contributed by atoms with Crippen molar-refractivity contribution in [1.29, 1.82) is 0 Å². The Kier molecular flexibility index (Phi) is 5.98. The topological polar surface area (TPSA) is 69.6 Å². The Balaban J connectivity index is 1.87. The van der Waals surface area contributed by atoms with Crippen molar-refractivity contribution in [2.75, 3.05) is 13.1 Å². The fourth-order valence-electron chi connectivity index (χ4n) is 2.43. The van der Waals surface area contributed by atoms with Crippen molar-refractivity contribution in [2.24, 2.45) is 0 Å². The van der Waals surface area contributed by atoms with E-state index >= 15 is 0 Å². The van der Waals surface area contributed by atoms with Crippen molar-refractivity contribution < 1.29 is 14.8 Å². The molecule has 1 aromatic rings. The van der Waals surface area contributed by atoms with E-state index in [0.717, 1.165) is 18.4 Å². The van der Waals surface area contributed by atoms with E-state index in [4.69, 9.17) is 16.8 Å². The Hall–Kier alpha value is -1.85. The molecular formula is C16H19ClN2O3. The number of rotatable bonds is 6. The summed E-state index contributed by atoms with van der Waals surface area (Å²) in [5.74, 6) is -0.502. The van der Waals surface area contributed by atoms with Gasteiger partial charge in [-0.05, 0) is 37.0 Å². The molecule has 1 aromatic carbocycles. The van der Waals surface area contributed by atoms with E-state index in [1.165, 1.54) is 0 Å². The summed E-state index contributed by atoms with van der Waals surface area (Å²) in [4.78, 5) is 25.2. The highest BCUT2D eigenvalue weighted by molar-refractivity contribution is 6.30. The van der Waals surface area contributed by atoms with E-state index in [9.17, 15) is 9.59 Å². The van der Waals surface area contributed by atoms with E-state index in [2.05, 4.69) is 0 Å². The molecule has 1 aliphatic rings. The second-order valence-electron chi connectivity index (χ2n) is 5.22. The number of carbonyl (C=O) groups excluding carboxylic acids is 2. The zero-order valence-corrected chi connectivity index (χ0v) is 13.0. The van der Waals surface area contributed by atoms with Gasteiger partial charge in [0, 0.05) is 30.1 Å². The summed E-state index contributed by atoms with van der Waals surface area (Å²) >= 11 is 5.85. The third kappa shape index (κ3) is 4.58. The predicted octanol–water partition coefficient (Wildman–Crippen LogP) is 2.33. The van der Waals surface area contributed by atoms with Gasteiger partial charge in [-0.25, -0.2) is 5.48 Å². The van der Waals surface area contributed by atoms with Crippen LogP contribution in [0, 0.1) is 0 Å². The molecule has 0 saturated carbocycles. The van der Waals surface area contributed by atoms with Gasteiger partial charge in [-0.3, -0.25) is 14.8 Å². The molecule has 1 aliphatic heterocycles. The first-order valence-corrected chi connectivity index (χ1v) is 7.63. The zero-order chi connectivity index (χ0) is 15.9. The molecule has 0 radical (unpaired) electrons. The third-order valence-corrected chi connectivity index (χ3v) is 3.93. The maximum Gasteiger partial charge on any atom is 0.249 e. The molecule has 0 unspecified atom stereocenters. The maximum atomic E-state index is 12.3. The number of benzene rings is 1. The Morgan fingerprint density at radius 3 is 2.68 bits per heavy atom. The van der Waals surface area contributed by atoms with E-state index in [0.29, 0.717) is 30.1 Å². The van der Waals surface area contributed by atoms with Crippen LogP contribution in [0.4, 0.5) is 0 Å². The summed E-state index contributed by atoms with van der Waals surface area (Å²) in [6.07, 6.45) is 3.91. The van der Waals surface area contributed by atoms with Gasteiger partial charge in [-0.2, -0.15) is 0 Å². The van der Waals surface area contributed by atoms with Crippen LogP contribution in [0.25, 0.3) is 0 Å². The van der Waals surface area contributed by atoms with Crippen LogP contribution in [0.3, 0.4) is 0 Å². The molecule has 6 heteroatoms. The van der Waals surface area contributed by atoms with Crippen molar-refractivity contribution in [3.63, 3.8) is 0 Å². The van der Waals surface area contributed by atoms with Crippen LogP contribution >= 0.6 is 11.6 Å². The Bertz CT molecular complexity index is 569. The van der Waals surface area contributed by atoms with Crippen LogP contribution in [0.1, 0.15) is 24.8 Å². The van der Waals surface area contributed by atoms with Crippen molar-refractivity contribution in [2.45, 2.75) is 25.7 Å². The SMILES string of the molecule is O=C(CCC1=CCCN(CCc2ccc(Cl)cc2)C1=O)NO. The minimum Gasteiger partial charge on any atom is -0.338 e. The van der Waals surface area contributed by atoms with Gasteiger partial charge in [0.2, 0.25) is 11.8 Å². The number of nitrogens with one attached hydrogen (secondary N) is 1. The highest BCUT2D eigenvalue weighted by Crippen LogP contribution is 2.17. The second-order valence-corrected chi connectivity index (χ2v) is 5.66. The van der Waals surface area contributed by atoms with Crippen molar-refractivity contribution >= 4 is 23.4 Å². The molecule has 118 valence electrons. The molecule has 0 bridgehead atoms. The van der Waals surface area contributed by atoms with Crippen molar-refractivity contribution in [3.05, 3.63) is 46.5 Å². The Morgan fingerprint density at radius 2 is 2.00 bits per heavy atom. The molecule has 22 heavy (non-hydrogen) atoms. The number of hydrogen-bond acceptors (Lipinski definition) is 3. The van der Waals surface area contributed by atoms with Crippen LogP contribution in [-0.2, 0) is 16.0 Å². The molecule has 0 saturated heterocycles. The molecule has 2 rings (SSSR count). The first-order valence-electron chi connectivity index (χ1n) is 7.26. The minimum absolute atomic E-state index is 0.0223. The van der Waals surface area contributed by atoms with Gasteiger partial charge in [-0.1, -0.05) is 29.8 Å². The average molecular weight is 323 g/mol. The fraction of sp³-hybridized carbons (Fsp3) is 0.375. The van der Waals surface area contributed by atoms with E-state index in [1.807, 2.05) is 30.3 Å². The maximum absolute atomic E-state index is 12.3. The molecular weight excluding hydrogens is 304 g/mol. The number of nitrogens with zero attached hydrogens (tertiary/aromatic N) is 1. The highest BCUT2D eigenvalue weighted by atomic mass is 35.5.